The predicted octanol–water partition coefficient (Wildman–Crippen LogP) is 7.18. The Morgan fingerprint density at radius 1 is 0.839 bits per heavy atom. The van der Waals surface area contributed by atoms with Gasteiger partial charge in [-0.2, -0.15) is 0 Å². The topological polar surface area (TPSA) is 49.7 Å². The molecule has 3 aromatic carbocycles. The molecule has 0 spiro atoms. The third kappa shape index (κ3) is 5.89. The molecule has 2 N–H and O–H groups in total. The fourth-order valence-electron chi connectivity index (χ4n) is 4.13. The maximum absolute atomic E-state index is 10.1. The van der Waals surface area contributed by atoms with Crippen LogP contribution in [0.15, 0.2) is 86.2 Å². The van der Waals surface area contributed by atoms with Gasteiger partial charge in [0.1, 0.15) is 5.60 Å². The van der Waals surface area contributed by atoms with Crippen LogP contribution in [0.4, 0.5) is 0 Å². The van der Waals surface area contributed by atoms with Crippen LogP contribution >= 0.6 is 47.8 Å². The highest BCUT2D eigenvalue weighted by Crippen LogP contribution is 2.49. The summed E-state index contributed by atoms with van der Waals surface area (Å²) in [6.45, 7) is 2.15. The first-order chi connectivity index (χ1) is 14.9. The lowest BCUT2D eigenvalue weighted by Gasteiger charge is -2.43. The van der Waals surface area contributed by atoms with Crippen molar-refractivity contribution < 1.29 is 14.7 Å². The van der Waals surface area contributed by atoms with E-state index in [-0.39, 0.29) is 5.92 Å². The highest BCUT2D eigenvalue weighted by Gasteiger charge is 2.46. The second-order valence-corrected chi connectivity index (χ2v) is 10.2. The van der Waals surface area contributed by atoms with Gasteiger partial charge in [0.25, 0.3) is 0 Å². The largest absolute Gasteiger partial charge is 0.634 e. The van der Waals surface area contributed by atoms with E-state index in [4.69, 9.17) is 4.65 Å². The van der Waals surface area contributed by atoms with E-state index in [1.54, 1.807) is 0 Å². The van der Waals surface area contributed by atoms with Crippen LogP contribution in [0.1, 0.15) is 48.8 Å². The summed E-state index contributed by atoms with van der Waals surface area (Å²) >= 11 is 10.8. The first-order valence-electron chi connectivity index (χ1n) is 10.2. The van der Waals surface area contributed by atoms with Gasteiger partial charge in [-0.3, -0.25) is 0 Å². The Morgan fingerprint density at radius 3 is 1.81 bits per heavy atom. The Labute approximate surface area is 209 Å². The number of halogens is 3. The van der Waals surface area contributed by atoms with Crippen LogP contribution in [-0.4, -0.2) is 17.4 Å². The van der Waals surface area contributed by atoms with E-state index in [9.17, 15) is 10.0 Å². The van der Waals surface area contributed by atoms with Crippen LogP contribution in [0.5, 0.6) is 0 Å². The highest BCUT2D eigenvalue weighted by atomic mass is 79.9. The van der Waals surface area contributed by atoms with Gasteiger partial charge in [-0.1, -0.05) is 104 Å². The third-order valence-corrected chi connectivity index (χ3v) is 6.87. The minimum Gasteiger partial charge on any atom is -0.402 e. The molecule has 0 amide bonds. The average molecular weight is 611 g/mol. The summed E-state index contributed by atoms with van der Waals surface area (Å²) in [5.41, 5.74) is 1.62. The maximum Gasteiger partial charge on any atom is 0.634 e. The molecule has 3 nitrogen and oxygen atoms in total. The van der Waals surface area contributed by atoms with E-state index in [1.165, 1.54) is 0 Å². The Morgan fingerprint density at radius 2 is 1.35 bits per heavy atom. The molecule has 0 aliphatic carbocycles. The van der Waals surface area contributed by atoms with Gasteiger partial charge in [0, 0.05) is 19.3 Å². The summed E-state index contributed by atoms with van der Waals surface area (Å²) in [6.07, 6.45) is 2.78. The van der Waals surface area contributed by atoms with E-state index in [2.05, 4.69) is 66.8 Å². The van der Waals surface area contributed by atoms with Crippen LogP contribution in [0.25, 0.3) is 0 Å². The van der Waals surface area contributed by atoms with Crippen molar-refractivity contribution in [2.45, 2.75) is 37.7 Å². The molecule has 0 saturated heterocycles. The van der Waals surface area contributed by atoms with Crippen LogP contribution in [-0.2, 0) is 10.3 Å². The third-order valence-electron chi connectivity index (χ3n) is 5.39. The molecule has 0 bridgehead atoms. The number of hydrogen-bond acceptors (Lipinski definition) is 3. The summed E-state index contributed by atoms with van der Waals surface area (Å²) < 4.78 is 8.88. The molecule has 1 unspecified atom stereocenters. The molecule has 0 radical (unpaired) electrons. The molecule has 0 aromatic heterocycles. The Bertz CT molecular complexity index is 967. The van der Waals surface area contributed by atoms with Crippen molar-refractivity contribution in [1.82, 2.24) is 0 Å². The summed E-state index contributed by atoms with van der Waals surface area (Å²) in [4.78, 5) is 0. The standard InChI is InChI=1S/C24H24BBr3O3/c1-2-3-13-23(17-7-4-10-20(26)14-17)24(31-25(29)30,18-8-5-11-21(27)15-18)19-9-6-12-22(28)16-19/h4-12,14-16,23,29-30H,2-3,13H2,1H3. The summed E-state index contributed by atoms with van der Waals surface area (Å²) in [5, 5.41) is 20.3. The number of benzene rings is 3. The van der Waals surface area contributed by atoms with E-state index < -0.39 is 12.9 Å². The first kappa shape index (κ1) is 24.7. The van der Waals surface area contributed by atoms with Gasteiger partial charge >= 0.3 is 7.32 Å². The lowest BCUT2D eigenvalue weighted by atomic mass is 9.70. The van der Waals surface area contributed by atoms with E-state index in [1.807, 2.05) is 60.7 Å². The molecule has 162 valence electrons. The second-order valence-electron chi connectivity index (χ2n) is 7.45. The Kier molecular flexibility index (Phi) is 8.96. The molecule has 0 heterocycles. The second kappa shape index (κ2) is 11.3. The normalized spacial score (nSPS) is 12.6. The summed E-state index contributed by atoms with van der Waals surface area (Å²) in [5.74, 6) is -0.171. The minimum absolute atomic E-state index is 0.171. The molecule has 7 heteroatoms. The van der Waals surface area contributed by atoms with E-state index in [0.29, 0.717) is 0 Å². The zero-order chi connectivity index (χ0) is 22.4. The molecule has 0 aliphatic rings. The van der Waals surface area contributed by atoms with Crippen LogP contribution in [0, 0.1) is 0 Å². The van der Waals surface area contributed by atoms with Gasteiger partial charge in [-0.05, 0) is 59.5 Å². The fraction of sp³-hybridized carbons (Fsp3) is 0.250. The SMILES string of the molecule is CCCCC(c1cccc(Br)c1)C(OB(O)O)(c1cccc(Br)c1)c1cccc(Br)c1. The van der Waals surface area contributed by atoms with Crippen molar-refractivity contribution in [2.75, 3.05) is 0 Å². The Hall–Kier alpha value is -0.955. The molecular formula is C24H24BBr3O3. The lowest BCUT2D eigenvalue weighted by Crippen LogP contribution is -2.43. The lowest BCUT2D eigenvalue weighted by molar-refractivity contribution is 0.0222. The van der Waals surface area contributed by atoms with Crippen molar-refractivity contribution in [3.8, 4) is 0 Å². The maximum atomic E-state index is 10.1. The minimum atomic E-state index is -1.95. The molecular weight excluding hydrogens is 587 g/mol. The van der Waals surface area contributed by atoms with Crippen molar-refractivity contribution in [1.29, 1.82) is 0 Å². The van der Waals surface area contributed by atoms with E-state index >= 15 is 0 Å². The smallest absolute Gasteiger partial charge is 0.402 e. The monoisotopic (exact) mass is 608 g/mol. The molecule has 1 atom stereocenters. The Balaban J connectivity index is 2.37. The molecule has 3 rings (SSSR count). The van der Waals surface area contributed by atoms with Crippen molar-refractivity contribution in [3.63, 3.8) is 0 Å². The van der Waals surface area contributed by atoms with Gasteiger partial charge in [0.2, 0.25) is 0 Å². The molecule has 0 fully saturated rings. The summed E-state index contributed by atoms with van der Waals surface area (Å²) in [7, 11) is -1.95. The van der Waals surface area contributed by atoms with Crippen LogP contribution in [0.2, 0.25) is 0 Å². The van der Waals surface area contributed by atoms with Gasteiger partial charge in [-0.25, -0.2) is 0 Å². The predicted molar refractivity (Wildman–Crippen MR) is 137 cm³/mol. The van der Waals surface area contributed by atoms with Gasteiger partial charge in [0.15, 0.2) is 0 Å². The summed E-state index contributed by atoms with van der Waals surface area (Å²) in [6, 6.07) is 23.9. The fourth-order valence-corrected chi connectivity index (χ4v) is 5.34. The molecule has 0 aliphatic heterocycles. The van der Waals surface area contributed by atoms with Crippen molar-refractivity contribution in [2.24, 2.45) is 0 Å². The molecule has 0 saturated carbocycles. The van der Waals surface area contributed by atoms with Gasteiger partial charge in [-0.15, -0.1) is 0 Å². The first-order valence-corrected chi connectivity index (χ1v) is 12.6. The number of unbranched alkanes of at least 4 members (excludes halogenated alkanes) is 1. The van der Waals surface area contributed by atoms with Gasteiger partial charge < -0.3 is 14.7 Å². The molecule has 3 aromatic rings. The van der Waals surface area contributed by atoms with Crippen LogP contribution < -0.4 is 0 Å². The average Bonchev–Trinajstić information content (AvgIpc) is 2.73. The number of rotatable bonds is 9. The zero-order valence-electron chi connectivity index (χ0n) is 17.1. The quantitative estimate of drug-likeness (QED) is 0.253. The zero-order valence-corrected chi connectivity index (χ0v) is 21.9. The van der Waals surface area contributed by atoms with Crippen molar-refractivity contribution in [3.05, 3.63) is 103 Å². The molecule has 31 heavy (non-hydrogen) atoms. The van der Waals surface area contributed by atoms with Crippen LogP contribution in [0.3, 0.4) is 0 Å². The van der Waals surface area contributed by atoms with Crippen molar-refractivity contribution >= 4 is 55.1 Å². The van der Waals surface area contributed by atoms with E-state index in [0.717, 1.165) is 49.4 Å². The highest BCUT2D eigenvalue weighted by molar-refractivity contribution is 9.11. The number of hydrogen-bond donors (Lipinski definition) is 2. The van der Waals surface area contributed by atoms with Gasteiger partial charge in [0.05, 0.1) is 0 Å².